The summed E-state index contributed by atoms with van der Waals surface area (Å²) in [6.07, 6.45) is 8.15. The Balaban J connectivity index is 2.38. The lowest BCUT2D eigenvalue weighted by Gasteiger charge is -2.29. The molecule has 2 nitrogen and oxygen atoms in total. The molecule has 15 heavy (non-hydrogen) atoms. The fourth-order valence-electron chi connectivity index (χ4n) is 2.22. The van der Waals surface area contributed by atoms with Crippen molar-refractivity contribution in [1.82, 2.24) is 0 Å². The zero-order valence-corrected chi connectivity index (χ0v) is 9.92. The summed E-state index contributed by atoms with van der Waals surface area (Å²) in [5.41, 5.74) is 0.466. The molecule has 1 aliphatic carbocycles. The van der Waals surface area contributed by atoms with Gasteiger partial charge in [0.1, 0.15) is 6.10 Å². The fourth-order valence-corrected chi connectivity index (χ4v) is 2.22. The van der Waals surface area contributed by atoms with Gasteiger partial charge in [0.25, 0.3) is 0 Å². The summed E-state index contributed by atoms with van der Waals surface area (Å²) in [6.45, 7) is 8.06. The maximum Gasteiger partial charge on any atom is 0.330 e. The van der Waals surface area contributed by atoms with Crippen LogP contribution >= 0.6 is 0 Å². The first-order valence-electron chi connectivity index (χ1n) is 5.86. The Labute approximate surface area is 92.7 Å². The van der Waals surface area contributed by atoms with Crippen LogP contribution in [0.25, 0.3) is 0 Å². The van der Waals surface area contributed by atoms with Gasteiger partial charge in [0.2, 0.25) is 0 Å². The molecule has 0 aromatic carbocycles. The predicted octanol–water partition coefficient (Wildman–Crippen LogP) is 3.46. The zero-order chi connectivity index (χ0) is 11.3. The van der Waals surface area contributed by atoms with E-state index in [1.807, 2.05) is 0 Å². The van der Waals surface area contributed by atoms with Gasteiger partial charge in [0, 0.05) is 6.08 Å². The molecule has 0 unspecified atom stereocenters. The van der Waals surface area contributed by atoms with Crippen molar-refractivity contribution in [2.45, 2.75) is 58.5 Å². The normalized spacial score (nSPS) is 22.5. The fraction of sp³-hybridized carbons (Fsp3) is 0.769. The number of rotatable bonds is 2. The lowest BCUT2D eigenvalue weighted by molar-refractivity contribution is -0.144. The highest BCUT2D eigenvalue weighted by Gasteiger charge is 2.23. The minimum Gasteiger partial charge on any atom is -0.459 e. The van der Waals surface area contributed by atoms with Crippen molar-refractivity contribution in [3.63, 3.8) is 0 Å². The second-order valence-corrected chi connectivity index (χ2v) is 5.21. The highest BCUT2D eigenvalue weighted by Crippen LogP contribution is 2.33. The van der Waals surface area contributed by atoms with Crippen LogP contribution in [-0.2, 0) is 9.53 Å². The van der Waals surface area contributed by atoms with Crippen molar-refractivity contribution in [1.29, 1.82) is 0 Å². The van der Waals surface area contributed by atoms with E-state index in [2.05, 4.69) is 20.4 Å². The summed E-state index contributed by atoms with van der Waals surface area (Å²) in [4.78, 5) is 11.1. The summed E-state index contributed by atoms with van der Waals surface area (Å²) >= 11 is 0. The van der Waals surface area contributed by atoms with Gasteiger partial charge in [-0.25, -0.2) is 4.79 Å². The number of carbonyl (C=O) groups is 1. The Morgan fingerprint density at radius 2 is 1.87 bits per heavy atom. The minimum absolute atomic E-state index is 0.117. The van der Waals surface area contributed by atoms with Gasteiger partial charge in [0.05, 0.1) is 0 Å². The first kappa shape index (κ1) is 12.3. The van der Waals surface area contributed by atoms with Crippen LogP contribution in [0, 0.1) is 5.41 Å². The second kappa shape index (κ2) is 5.34. The van der Waals surface area contributed by atoms with Crippen LogP contribution in [0.3, 0.4) is 0 Å². The molecule has 0 saturated heterocycles. The molecule has 0 amide bonds. The van der Waals surface area contributed by atoms with Gasteiger partial charge in [-0.15, -0.1) is 0 Å². The Morgan fingerprint density at radius 1 is 1.33 bits per heavy atom. The minimum atomic E-state index is -0.278. The molecule has 86 valence electrons. The van der Waals surface area contributed by atoms with E-state index in [4.69, 9.17) is 4.74 Å². The summed E-state index contributed by atoms with van der Waals surface area (Å²) in [6, 6.07) is 0. The Kier molecular flexibility index (Phi) is 4.37. The molecule has 1 aliphatic rings. The first-order chi connectivity index (χ1) is 7.03. The van der Waals surface area contributed by atoms with E-state index >= 15 is 0 Å². The molecule has 0 N–H and O–H groups in total. The number of hydrogen-bond donors (Lipinski definition) is 0. The van der Waals surface area contributed by atoms with E-state index in [0.717, 1.165) is 25.7 Å². The molecule has 0 aliphatic heterocycles. The predicted molar refractivity (Wildman–Crippen MR) is 61.6 cm³/mol. The van der Waals surface area contributed by atoms with Crippen LogP contribution in [0.2, 0.25) is 0 Å². The second-order valence-electron chi connectivity index (χ2n) is 5.21. The molecule has 1 rings (SSSR count). The highest BCUT2D eigenvalue weighted by molar-refractivity contribution is 5.81. The first-order valence-corrected chi connectivity index (χ1v) is 5.86. The SMILES string of the molecule is C=CC(=O)OC1CCCC(C)(C)CCC1. The molecule has 1 fully saturated rings. The number of carbonyl (C=O) groups excluding carboxylic acids is 1. The summed E-state index contributed by atoms with van der Waals surface area (Å²) in [7, 11) is 0. The van der Waals surface area contributed by atoms with Crippen LogP contribution in [0.15, 0.2) is 12.7 Å². The molecule has 0 aromatic rings. The van der Waals surface area contributed by atoms with Crippen molar-refractivity contribution in [3.8, 4) is 0 Å². The largest absolute Gasteiger partial charge is 0.459 e. The summed E-state index contributed by atoms with van der Waals surface area (Å²) < 4.78 is 5.29. The van der Waals surface area contributed by atoms with Crippen LogP contribution < -0.4 is 0 Å². The van der Waals surface area contributed by atoms with Crippen LogP contribution in [0.5, 0.6) is 0 Å². The molecule has 1 saturated carbocycles. The van der Waals surface area contributed by atoms with Gasteiger partial charge in [-0.05, 0) is 43.9 Å². The standard InChI is InChI=1S/C13H22O2/c1-4-12(14)15-11-7-5-9-13(2,3)10-6-8-11/h4,11H,1,5-10H2,2-3H3. The maximum absolute atomic E-state index is 11.1. The number of esters is 1. The molecule has 0 atom stereocenters. The van der Waals surface area contributed by atoms with E-state index in [1.54, 1.807) is 0 Å². The highest BCUT2D eigenvalue weighted by atomic mass is 16.5. The van der Waals surface area contributed by atoms with Crippen LogP contribution in [-0.4, -0.2) is 12.1 Å². The lowest BCUT2D eigenvalue weighted by atomic mass is 9.79. The molecular weight excluding hydrogens is 188 g/mol. The van der Waals surface area contributed by atoms with Gasteiger partial charge in [-0.1, -0.05) is 20.4 Å². The smallest absolute Gasteiger partial charge is 0.330 e. The van der Waals surface area contributed by atoms with Crippen molar-refractivity contribution in [2.75, 3.05) is 0 Å². The summed E-state index contributed by atoms with van der Waals surface area (Å²) in [5.74, 6) is -0.278. The molecule has 0 heterocycles. The quantitative estimate of drug-likeness (QED) is 0.515. The van der Waals surface area contributed by atoms with E-state index in [0.29, 0.717) is 5.41 Å². The van der Waals surface area contributed by atoms with Crippen LogP contribution in [0.4, 0.5) is 0 Å². The average molecular weight is 210 g/mol. The van der Waals surface area contributed by atoms with E-state index in [1.165, 1.54) is 18.9 Å². The van der Waals surface area contributed by atoms with Gasteiger partial charge in [-0.2, -0.15) is 0 Å². The molecule has 0 spiro atoms. The maximum atomic E-state index is 11.1. The number of hydrogen-bond acceptors (Lipinski definition) is 2. The summed E-state index contributed by atoms with van der Waals surface area (Å²) in [5, 5.41) is 0. The van der Waals surface area contributed by atoms with Crippen LogP contribution in [0.1, 0.15) is 52.4 Å². The van der Waals surface area contributed by atoms with Gasteiger partial charge >= 0.3 is 5.97 Å². The third kappa shape index (κ3) is 4.50. The average Bonchev–Trinajstić information content (AvgIpc) is 2.14. The van der Waals surface area contributed by atoms with Crippen molar-refractivity contribution >= 4 is 5.97 Å². The van der Waals surface area contributed by atoms with E-state index in [-0.39, 0.29) is 12.1 Å². The van der Waals surface area contributed by atoms with Crippen molar-refractivity contribution in [3.05, 3.63) is 12.7 Å². The molecule has 0 radical (unpaired) electrons. The zero-order valence-electron chi connectivity index (χ0n) is 9.92. The van der Waals surface area contributed by atoms with Crippen molar-refractivity contribution < 1.29 is 9.53 Å². The topological polar surface area (TPSA) is 26.3 Å². The lowest BCUT2D eigenvalue weighted by Crippen LogP contribution is -2.22. The van der Waals surface area contributed by atoms with E-state index < -0.39 is 0 Å². The van der Waals surface area contributed by atoms with Gasteiger partial charge < -0.3 is 4.74 Å². The Hall–Kier alpha value is -0.790. The molecule has 0 aromatic heterocycles. The molecule has 0 bridgehead atoms. The third-order valence-electron chi connectivity index (χ3n) is 3.21. The van der Waals surface area contributed by atoms with E-state index in [9.17, 15) is 4.79 Å². The monoisotopic (exact) mass is 210 g/mol. The van der Waals surface area contributed by atoms with Gasteiger partial charge in [0.15, 0.2) is 0 Å². The Bertz CT molecular complexity index is 219. The molecular formula is C13H22O2. The number of ether oxygens (including phenoxy) is 1. The molecule has 2 heteroatoms. The third-order valence-corrected chi connectivity index (χ3v) is 3.21. The van der Waals surface area contributed by atoms with Crippen molar-refractivity contribution in [2.24, 2.45) is 5.41 Å². The Morgan fingerprint density at radius 3 is 2.33 bits per heavy atom. The van der Waals surface area contributed by atoms with Gasteiger partial charge in [-0.3, -0.25) is 0 Å².